The number of hydrogen-bond acceptors (Lipinski definition) is 3. The number of nitrogens with zero attached hydrogens (tertiary/aromatic N) is 1. The van der Waals surface area contributed by atoms with Gasteiger partial charge >= 0.3 is 12.1 Å². The molecule has 0 radical (unpaired) electrons. The normalized spacial score (nSPS) is 20.0. The van der Waals surface area contributed by atoms with Gasteiger partial charge < -0.3 is 15.3 Å². The molecule has 1 unspecified atom stereocenters. The number of carbonyl (C=O) groups is 1. The second-order valence-corrected chi connectivity index (χ2v) is 5.27. The lowest BCUT2D eigenvalue weighted by atomic mass is 10.1. The van der Waals surface area contributed by atoms with E-state index >= 15 is 0 Å². The fourth-order valence-electron chi connectivity index (χ4n) is 2.13. The Hall–Kier alpha value is -1.28. The number of rotatable bonds is 2. The monoisotopic (exact) mass is 352 g/mol. The Bertz CT molecular complexity index is 522. The van der Waals surface area contributed by atoms with E-state index in [1.54, 1.807) is 4.90 Å². The molecule has 1 aromatic carbocycles. The van der Waals surface area contributed by atoms with Crippen LogP contribution in [0.3, 0.4) is 0 Å². The van der Waals surface area contributed by atoms with E-state index in [1.165, 1.54) is 6.07 Å². The minimum absolute atomic E-state index is 0.237. The number of piperazine rings is 1. The predicted molar refractivity (Wildman–Crippen MR) is 70.8 cm³/mol. The van der Waals surface area contributed by atoms with E-state index in [2.05, 4.69) is 21.2 Å². The number of anilines is 1. The lowest BCUT2D eigenvalue weighted by Gasteiger charge is -2.36. The second-order valence-electron chi connectivity index (χ2n) is 4.42. The van der Waals surface area contributed by atoms with Gasteiger partial charge in [-0.1, -0.05) is 0 Å². The van der Waals surface area contributed by atoms with Gasteiger partial charge in [-0.25, -0.2) is 4.79 Å². The molecule has 1 atom stereocenters. The van der Waals surface area contributed by atoms with Crippen LogP contribution in [-0.2, 0) is 11.0 Å². The summed E-state index contributed by atoms with van der Waals surface area (Å²) in [4.78, 5) is 12.8. The van der Waals surface area contributed by atoms with E-state index in [4.69, 9.17) is 5.11 Å². The van der Waals surface area contributed by atoms with Crippen LogP contribution in [0.2, 0.25) is 0 Å². The van der Waals surface area contributed by atoms with Gasteiger partial charge in [-0.05, 0) is 34.1 Å². The zero-order valence-electron chi connectivity index (χ0n) is 10.2. The molecule has 110 valence electrons. The molecule has 0 bridgehead atoms. The minimum Gasteiger partial charge on any atom is -0.480 e. The van der Waals surface area contributed by atoms with E-state index in [0.717, 1.165) is 12.1 Å². The lowest BCUT2D eigenvalue weighted by Crippen LogP contribution is -2.55. The minimum atomic E-state index is -4.42. The second kappa shape index (κ2) is 5.61. The predicted octanol–water partition coefficient (Wildman–Crippen LogP) is 2.33. The third kappa shape index (κ3) is 3.06. The van der Waals surface area contributed by atoms with Gasteiger partial charge in [-0.2, -0.15) is 13.2 Å². The summed E-state index contributed by atoms with van der Waals surface area (Å²) in [5, 5.41) is 12.1. The molecule has 0 aromatic heterocycles. The summed E-state index contributed by atoms with van der Waals surface area (Å²) in [7, 11) is 0. The van der Waals surface area contributed by atoms with Crippen LogP contribution in [0.1, 0.15) is 5.56 Å². The fourth-order valence-corrected chi connectivity index (χ4v) is 2.74. The van der Waals surface area contributed by atoms with Gasteiger partial charge in [0.1, 0.15) is 6.04 Å². The standard InChI is InChI=1S/C12H12BrF3N2O2/c13-8-5-7(12(14,15)16)1-2-9(8)18-4-3-17-6-10(18)11(19)20/h1-2,5,10,17H,3-4,6H2,(H,19,20). The van der Waals surface area contributed by atoms with Gasteiger partial charge in [-0.15, -0.1) is 0 Å². The maximum absolute atomic E-state index is 12.6. The molecule has 0 aliphatic carbocycles. The smallest absolute Gasteiger partial charge is 0.416 e. The molecule has 1 fully saturated rings. The molecule has 2 rings (SSSR count). The highest BCUT2D eigenvalue weighted by Gasteiger charge is 2.33. The van der Waals surface area contributed by atoms with Crippen molar-refractivity contribution in [1.82, 2.24) is 5.32 Å². The van der Waals surface area contributed by atoms with Crippen LogP contribution < -0.4 is 10.2 Å². The SMILES string of the molecule is O=C(O)C1CNCCN1c1ccc(C(F)(F)F)cc1Br. The van der Waals surface area contributed by atoms with Gasteiger partial charge in [0.15, 0.2) is 0 Å². The van der Waals surface area contributed by atoms with E-state index in [9.17, 15) is 18.0 Å². The highest BCUT2D eigenvalue weighted by Crippen LogP contribution is 2.36. The number of alkyl halides is 3. The van der Waals surface area contributed by atoms with Crippen LogP contribution in [0.5, 0.6) is 0 Å². The largest absolute Gasteiger partial charge is 0.480 e. The first kappa shape index (κ1) is 15.1. The van der Waals surface area contributed by atoms with Gasteiger partial charge in [0, 0.05) is 24.1 Å². The molecule has 0 saturated carbocycles. The lowest BCUT2D eigenvalue weighted by molar-refractivity contribution is -0.139. The Morgan fingerprint density at radius 3 is 2.70 bits per heavy atom. The van der Waals surface area contributed by atoms with Crippen molar-refractivity contribution in [3.05, 3.63) is 28.2 Å². The molecule has 2 N–H and O–H groups in total. The summed E-state index contributed by atoms with van der Waals surface area (Å²) >= 11 is 3.10. The van der Waals surface area contributed by atoms with Gasteiger partial charge in [-0.3, -0.25) is 0 Å². The third-order valence-corrected chi connectivity index (χ3v) is 3.75. The number of carboxylic acids is 1. The van der Waals surface area contributed by atoms with E-state index in [0.29, 0.717) is 18.8 Å². The average molecular weight is 353 g/mol. The number of hydrogen-bond donors (Lipinski definition) is 2. The first-order valence-electron chi connectivity index (χ1n) is 5.87. The van der Waals surface area contributed by atoms with E-state index in [1.807, 2.05) is 0 Å². The molecule has 1 heterocycles. The maximum atomic E-state index is 12.6. The van der Waals surface area contributed by atoms with Crippen molar-refractivity contribution in [3.8, 4) is 0 Å². The van der Waals surface area contributed by atoms with E-state index in [-0.39, 0.29) is 11.0 Å². The summed E-state index contributed by atoms with van der Waals surface area (Å²) in [6.07, 6.45) is -4.42. The van der Waals surface area contributed by atoms with Crippen LogP contribution in [0.4, 0.5) is 18.9 Å². The quantitative estimate of drug-likeness (QED) is 0.857. The Labute approximate surface area is 121 Å². The van der Waals surface area contributed by atoms with Crippen LogP contribution in [0.15, 0.2) is 22.7 Å². The summed E-state index contributed by atoms with van der Waals surface area (Å²) in [6.45, 7) is 1.25. The van der Waals surface area contributed by atoms with Crippen LogP contribution in [0, 0.1) is 0 Å². The Morgan fingerprint density at radius 2 is 2.15 bits per heavy atom. The number of aliphatic carboxylic acids is 1. The summed E-state index contributed by atoms with van der Waals surface area (Å²) in [5.74, 6) is -1.01. The first-order valence-corrected chi connectivity index (χ1v) is 6.67. The zero-order chi connectivity index (χ0) is 14.9. The molecule has 0 spiro atoms. The molecule has 1 saturated heterocycles. The van der Waals surface area contributed by atoms with Crippen molar-refractivity contribution >= 4 is 27.6 Å². The van der Waals surface area contributed by atoms with Gasteiger partial charge in [0.25, 0.3) is 0 Å². The fraction of sp³-hybridized carbons (Fsp3) is 0.417. The molecule has 0 amide bonds. The van der Waals surface area contributed by atoms with Crippen molar-refractivity contribution in [3.63, 3.8) is 0 Å². The molecule has 1 aliphatic rings. The summed E-state index contributed by atoms with van der Waals surface area (Å²) < 4.78 is 38.1. The topological polar surface area (TPSA) is 52.6 Å². The summed E-state index contributed by atoms with van der Waals surface area (Å²) in [6, 6.07) is 2.43. The number of benzene rings is 1. The first-order chi connectivity index (χ1) is 9.30. The number of carboxylic acid groups (broad SMARTS) is 1. The van der Waals surface area contributed by atoms with Gasteiger partial charge in [0.2, 0.25) is 0 Å². The third-order valence-electron chi connectivity index (χ3n) is 3.11. The van der Waals surface area contributed by atoms with E-state index < -0.39 is 23.8 Å². The molecule has 20 heavy (non-hydrogen) atoms. The van der Waals surface area contributed by atoms with Crippen molar-refractivity contribution in [2.45, 2.75) is 12.2 Å². The zero-order valence-corrected chi connectivity index (χ0v) is 11.8. The van der Waals surface area contributed by atoms with Crippen LogP contribution in [-0.4, -0.2) is 36.8 Å². The van der Waals surface area contributed by atoms with Crippen LogP contribution in [0.25, 0.3) is 0 Å². The molecule has 1 aromatic rings. The molecule has 1 aliphatic heterocycles. The molecule has 4 nitrogen and oxygen atoms in total. The van der Waals surface area contributed by atoms with Crippen molar-refractivity contribution in [2.75, 3.05) is 24.5 Å². The van der Waals surface area contributed by atoms with Crippen LogP contribution >= 0.6 is 15.9 Å². The molecular weight excluding hydrogens is 341 g/mol. The van der Waals surface area contributed by atoms with Crippen molar-refractivity contribution < 1.29 is 23.1 Å². The highest BCUT2D eigenvalue weighted by atomic mass is 79.9. The molecule has 8 heteroatoms. The molecular formula is C12H12BrF3N2O2. The highest BCUT2D eigenvalue weighted by molar-refractivity contribution is 9.10. The van der Waals surface area contributed by atoms with Crippen molar-refractivity contribution in [1.29, 1.82) is 0 Å². The number of nitrogens with one attached hydrogen (secondary N) is 1. The Kier molecular flexibility index (Phi) is 4.24. The Balaban J connectivity index is 2.34. The average Bonchev–Trinajstić information content (AvgIpc) is 2.37. The van der Waals surface area contributed by atoms with Gasteiger partial charge in [0.05, 0.1) is 11.3 Å². The maximum Gasteiger partial charge on any atom is 0.416 e. The number of halogens is 4. The van der Waals surface area contributed by atoms with Crippen molar-refractivity contribution in [2.24, 2.45) is 0 Å². The summed E-state index contributed by atoms with van der Waals surface area (Å²) in [5.41, 5.74) is -0.318. The Morgan fingerprint density at radius 1 is 1.45 bits per heavy atom.